The van der Waals surface area contributed by atoms with Crippen LogP contribution in [0.2, 0.25) is 0 Å². The molecule has 0 saturated heterocycles. The molecule has 62 valence electrons. The van der Waals surface area contributed by atoms with Gasteiger partial charge < -0.3 is 9.84 Å². The number of aliphatic imine (C=N–C) groups is 1. The summed E-state index contributed by atoms with van der Waals surface area (Å²) in [5.41, 5.74) is 0.157. The normalized spacial score (nSPS) is 8.75. The summed E-state index contributed by atoms with van der Waals surface area (Å²) in [6, 6.07) is 4.68. The van der Waals surface area contributed by atoms with Crippen LogP contribution in [0.5, 0.6) is 11.5 Å². The Balaban J connectivity index is 3.22. The van der Waals surface area contributed by atoms with Gasteiger partial charge in [0.1, 0.15) is 5.69 Å². The topological polar surface area (TPSA) is 58.9 Å². The van der Waals surface area contributed by atoms with Crippen molar-refractivity contribution in [3.05, 3.63) is 18.2 Å². The zero-order valence-electron chi connectivity index (χ0n) is 6.44. The molecule has 0 unspecified atom stereocenters. The van der Waals surface area contributed by atoms with Gasteiger partial charge in [-0.15, -0.1) is 0 Å². The first kappa shape index (κ1) is 8.30. The number of phenols is 1. The second kappa shape index (κ2) is 3.55. The monoisotopic (exact) mass is 165 g/mol. The van der Waals surface area contributed by atoms with Gasteiger partial charge in [-0.3, -0.25) is 0 Å². The van der Waals surface area contributed by atoms with E-state index in [4.69, 9.17) is 4.74 Å². The third-order valence-corrected chi connectivity index (χ3v) is 1.36. The van der Waals surface area contributed by atoms with Crippen LogP contribution in [-0.2, 0) is 4.79 Å². The molecule has 0 bridgehead atoms. The highest BCUT2D eigenvalue weighted by Crippen LogP contribution is 2.34. The van der Waals surface area contributed by atoms with E-state index in [-0.39, 0.29) is 17.2 Å². The van der Waals surface area contributed by atoms with Gasteiger partial charge in [-0.2, -0.15) is 4.99 Å². The van der Waals surface area contributed by atoms with E-state index < -0.39 is 0 Å². The van der Waals surface area contributed by atoms with Crippen LogP contribution in [0.1, 0.15) is 0 Å². The molecular formula is C8H7NO3. The van der Waals surface area contributed by atoms with E-state index in [2.05, 4.69) is 4.99 Å². The number of benzene rings is 1. The summed E-state index contributed by atoms with van der Waals surface area (Å²) in [6.45, 7) is 0. The number of rotatable bonds is 2. The van der Waals surface area contributed by atoms with Crippen molar-refractivity contribution in [2.75, 3.05) is 7.11 Å². The maximum atomic E-state index is 9.88. The number of isocyanates is 1. The van der Waals surface area contributed by atoms with Gasteiger partial charge in [0.05, 0.1) is 7.11 Å². The van der Waals surface area contributed by atoms with Gasteiger partial charge in [-0.25, -0.2) is 4.79 Å². The summed E-state index contributed by atoms with van der Waals surface area (Å²) in [6.07, 6.45) is 1.34. The van der Waals surface area contributed by atoms with Crippen molar-refractivity contribution in [1.29, 1.82) is 0 Å². The molecule has 0 amide bonds. The van der Waals surface area contributed by atoms with Crippen LogP contribution in [0.4, 0.5) is 5.69 Å². The summed E-state index contributed by atoms with van der Waals surface area (Å²) in [5, 5.41) is 9.32. The van der Waals surface area contributed by atoms with E-state index in [9.17, 15) is 9.90 Å². The number of aromatic hydroxyl groups is 1. The van der Waals surface area contributed by atoms with Gasteiger partial charge in [0.25, 0.3) is 0 Å². The fraction of sp³-hybridized carbons (Fsp3) is 0.125. The first-order valence-electron chi connectivity index (χ1n) is 3.23. The van der Waals surface area contributed by atoms with Gasteiger partial charge in [0.2, 0.25) is 6.08 Å². The molecule has 4 heteroatoms. The van der Waals surface area contributed by atoms with Crippen molar-refractivity contribution in [1.82, 2.24) is 0 Å². The third-order valence-electron chi connectivity index (χ3n) is 1.36. The molecular weight excluding hydrogens is 158 g/mol. The lowest BCUT2D eigenvalue weighted by Crippen LogP contribution is -1.82. The minimum absolute atomic E-state index is 0.150. The van der Waals surface area contributed by atoms with Crippen LogP contribution < -0.4 is 4.74 Å². The SMILES string of the molecule is COc1cccc(N=C=O)c1O. The number of phenolic OH excluding ortho intramolecular Hbond substituents is 1. The number of hydrogen-bond acceptors (Lipinski definition) is 4. The average molecular weight is 165 g/mol. The zero-order chi connectivity index (χ0) is 8.97. The molecule has 0 aliphatic rings. The Labute approximate surface area is 69.1 Å². The van der Waals surface area contributed by atoms with Crippen molar-refractivity contribution in [3.63, 3.8) is 0 Å². The van der Waals surface area contributed by atoms with Gasteiger partial charge in [0, 0.05) is 0 Å². The van der Waals surface area contributed by atoms with E-state index in [0.717, 1.165) is 0 Å². The van der Waals surface area contributed by atoms with E-state index in [1.165, 1.54) is 19.3 Å². The van der Waals surface area contributed by atoms with E-state index in [1.807, 2.05) is 0 Å². The van der Waals surface area contributed by atoms with Crippen LogP contribution in [-0.4, -0.2) is 18.3 Å². The molecule has 1 N–H and O–H groups in total. The van der Waals surface area contributed by atoms with Crippen LogP contribution in [0.15, 0.2) is 23.2 Å². The lowest BCUT2D eigenvalue weighted by molar-refractivity contribution is 0.374. The van der Waals surface area contributed by atoms with Crippen LogP contribution >= 0.6 is 0 Å². The van der Waals surface area contributed by atoms with E-state index in [0.29, 0.717) is 0 Å². The minimum Gasteiger partial charge on any atom is -0.503 e. The Kier molecular flexibility index (Phi) is 2.46. The summed E-state index contributed by atoms with van der Waals surface area (Å²) in [5.74, 6) is 0.134. The minimum atomic E-state index is -0.150. The Morgan fingerprint density at radius 1 is 1.58 bits per heavy atom. The highest BCUT2D eigenvalue weighted by Gasteiger charge is 2.04. The molecule has 0 aliphatic heterocycles. The predicted molar refractivity (Wildman–Crippen MR) is 42.4 cm³/mol. The molecule has 0 atom stereocenters. The third kappa shape index (κ3) is 1.44. The van der Waals surface area contributed by atoms with Crippen molar-refractivity contribution in [2.45, 2.75) is 0 Å². The van der Waals surface area contributed by atoms with Gasteiger partial charge in [-0.1, -0.05) is 6.07 Å². The van der Waals surface area contributed by atoms with Crippen LogP contribution in [0, 0.1) is 0 Å². The Morgan fingerprint density at radius 2 is 2.33 bits per heavy atom. The summed E-state index contributed by atoms with van der Waals surface area (Å²) in [4.78, 5) is 13.2. The molecule has 1 rings (SSSR count). The molecule has 0 fully saturated rings. The first-order valence-corrected chi connectivity index (χ1v) is 3.23. The van der Waals surface area contributed by atoms with Crippen LogP contribution in [0.3, 0.4) is 0 Å². The maximum Gasteiger partial charge on any atom is 0.240 e. The molecule has 0 spiro atoms. The maximum absolute atomic E-state index is 9.88. The highest BCUT2D eigenvalue weighted by molar-refractivity contribution is 5.62. The molecule has 0 aromatic heterocycles. The largest absolute Gasteiger partial charge is 0.503 e. The van der Waals surface area contributed by atoms with E-state index in [1.54, 1.807) is 12.1 Å². The molecule has 0 saturated carbocycles. The molecule has 0 aliphatic carbocycles. The van der Waals surface area contributed by atoms with Crippen LogP contribution in [0.25, 0.3) is 0 Å². The second-order valence-corrected chi connectivity index (χ2v) is 2.03. The fourth-order valence-corrected chi connectivity index (χ4v) is 0.815. The lowest BCUT2D eigenvalue weighted by atomic mass is 10.3. The lowest BCUT2D eigenvalue weighted by Gasteiger charge is -2.02. The number of nitrogens with zero attached hydrogens (tertiary/aromatic N) is 1. The van der Waals surface area contributed by atoms with E-state index >= 15 is 0 Å². The number of carbonyl (C=O) groups excluding carboxylic acids is 1. The Hall–Kier alpha value is -1.80. The summed E-state index contributed by atoms with van der Waals surface area (Å²) >= 11 is 0. The molecule has 4 nitrogen and oxygen atoms in total. The Bertz CT molecular complexity index is 329. The summed E-state index contributed by atoms with van der Waals surface area (Å²) < 4.78 is 4.79. The van der Waals surface area contributed by atoms with Crippen molar-refractivity contribution in [2.24, 2.45) is 4.99 Å². The molecule has 12 heavy (non-hydrogen) atoms. The average Bonchev–Trinajstić information content (AvgIpc) is 2.09. The fourth-order valence-electron chi connectivity index (χ4n) is 0.815. The number of methoxy groups -OCH3 is 1. The molecule has 0 radical (unpaired) electrons. The van der Waals surface area contributed by atoms with Gasteiger partial charge in [0.15, 0.2) is 11.5 Å². The number of ether oxygens (including phenoxy) is 1. The van der Waals surface area contributed by atoms with Crippen molar-refractivity contribution >= 4 is 11.8 Å². The smallest absolute Gasteiger partial charge is 0.240 e. The number of hydrogen-bond donors (Lipinski definition) is 1. The van der Waals surface area contributed by atoms with Crippen molar-refractivity contribution in [3.8, 4) is 11.5 Å². The molecule has 1 aromatic carbocycles. The quantitative estimate of drug-likeness (QED) is 0.531. The number of para-hydroxylation sites is 1. The molecule has 0 heterocycles. The molecule has 1 aromatic rings. The summed E-state index contributed by atoms with van der Waals surface area (Å²) in [7, 11) is 1.42. The van der Waals surface area contributed by atoms with Gasteiger partial charge >= 0.3 is 0 Å². The second-order valence-electron chi connectivity index (χ2n) is 2.03. The Morgan fingerprint density at radius 3 is 2.92 bits per heavy atom. The van der Waals surface area contributed by atoms with Gasteiger partial charge in [-0.05, 0) is 12.1 Å². The first-order chi connectivity index (χ1) is 5.79. The predicted octanol–water partition coefficient (Wildman–Crippen LogP) is 1.37. The standard InChI is InChI=1S/C8H7NO3/c1-12-7-4-2-3-6(8(7)11)9-5-10/h2-4,11H,1H3. The zero-order valence-corrected chi connectivity index (χ0v) is 6.44. The highest BCUT2D eigenvalue weighted by atomic mass is 16.5. The van der Waals surface area contributed by atoms with Crippen molar-refractivity contribution < 1.29 is 14.6 Å².